The van der Waals surface area contributed by atoms with Gasteiger partial charge in [-0.3, -0.25) is 4.79 Å². The van der Waals surface area contributed by atoms with Gasteiger partial charge in [-0.25, -0.2) is 0 Å². The van der Waals surface area contributed by atoms with Crippen LogP contribution in [0.2, 0.25) is 0 Å². The molecule has 0 amide bonds. The monoisotopic (exact) mass is 391 g/mol. The van der Waals surface area contributed by atoms with E-state index in [-0.39, 0.29) is 16.4 Å². The van der Waals surface area contributed by atoms with Gasteiger partial charge in [-0.2, -0.15) is 13.2 Å². The first-order valence-electron chi connectivity index (χ1n) is 8.33. The van der Waals surface area contributed by atoms with Crippen molar-refractivity contribution in [2.45, 2.75) is 30.8 Å². The maximum Gasteiger partial charge on any atom is 0.453 e. The number of halogens is 3. The summed E-state index contributed by atoms with van der Waals surface area (Å²) >= 11 is 1.12. The summed E-state index contributed by atoms with van der Waals surface area (Å²) in [6, 6.07) is 14.9. The number of carbonyl (C=O) groups excluding carboxylic acids is 1. The van der Waals surface area contributed by atoms with Crippen molar-refractivity contribution in [3.8, 4) is 22.4 Å². The molecule has 1 heterocycles. The molecule has 2 aromatic carbocycles. The molecule has 0 saturated carbocycles. The quantitative estimate of drug-likeness (QED) is 0.469. The number of thioether (sulfide) groups is 1. The zero-order valence-electron chi connectivity index (χ0n) is 14.4. The SMILES string of the molecule is CCCC(=O)Sc1ccc(-c2noc(C(F)(F)F)c2-c2ccccc2)cc1. The molecule has 0 saturated heterocycles. The molecule has 1 aromatic heterocycles. The van der Waals surface area contributed by atoms with Gasteiger partial charge >= 0.3 is 6.18 Å². The maximum atomic E-state index is 13.4. The summed E-state index contributed by atoms with van der Waals surface area (Å²) in [5.74, 6) is -1.12. The number of aromatic nitrogens is 1. The van der Waals surface area contributed by atoms with Crippen molar-refractivity contribution in [1.82, 2.24) is 5.16 Å². The molecule has 0 radical (unpaired) electrons. The van der Waals surface area contributed by atoms with E-state index in [0.717, 1.165) is 23.1 Å². The highest BCUT2D eigenvalue weighted by molar-refractivity contribution is 8.13. The van der Waals surface area contributed by atoms with E-state index in [1.807, 2.05) is 6.92 Å². The molecule has 0 fully saturated rings. The normalized spacial score (nSPS) is 11.6. The minimum atomic E-state index is -4.65. The van der Waals surface area contributed by atoms with Crippen LogP contribution < -0.4 is 0 Å². The highest BCUT2D eigenvalue weighted by Crippen LogP contribution is 2.42. The summed E-state index contributed by atoms with van der Waals surface area (Å²) in [7, 11) is 0. The molecule has 0 aliphatic carbocycles. The van der Waals surface area contributed by atoms with Crippen LogP contribution in [-0.4, -0.2) is 10.3 Å². The van der Waals surface area contributed by atoms with Crippen LogP contribution in [0, 0.1) is 0 Å². The summed E-state index contributed by atoms with van der Waals surface area (Å²) in [4.78, 5) is 12.5. The van der Waals surface area contributed by atoms with Crippen molar-refractivity contribution in [2.75, 3.05) is 0 Å². The Morgan fingerprint density at radius 2 is 1.70 bits per heavy atom. The third kappa shape index (κ3) is 4.42. The van der Waals surface area contributed by atoms with Crippen LogP contribution in [0.1, 0.15) is 25.5 Å². The van der Waals surface area contributed by atoms with E-state index < -0.39 is 11.9 Å². The molecule has 140 valence electrons. The van der Waals surface area contributed by atoms with Gasteiger partial charge in [0, 0.05) is 16.9 Å². The van der Waals surface area contributed by atoms with E-state index in [0.29, 0.717) is 17.5 Å². The molecule has 3 nitrogen and oxygen atoms in total. The van der Waals surface area contributed by atoms with Crippen LogP contribution in [-0.2, 0) is 11.0 Å². The summed E-state index contributed by atoms with van der Waals surface area (Å²) in [6.07, 6.45) is -3.41. The first-order valence-corrected chi connectivity index (χ1v) is 9.15. The fraction of sp³-hybridized carbons (Fsp3) is 0.200. The Bertz CT molecular complexity index is 919. The molecule has 0 atom stereocenters. The molecule has 0 N–H and O–H groups in total. The van der Waals surface area contributed by atoms with Gasteiger partial charge in [0.1, 0.15) is 5.69 Å². The smallest absolute Gasteiger partial charge is 0.350 e. The molecular formula is C20H16F3NO2S. The lowest BCUT2D eigenvalue weighted by Gasteiger charge is -2.07. The van der Waals surface area contributed by atoms with Gasteiger partial charge in [0.2, 0.25) is 5.76 Å². The molecule has 7 heteroatoms. The van der Waals surface area contributed by atoms with Gasteiger partial charge in [-0.15, -0.1) is 0 Å². The molecular weight excluding hydrogens is 375 g/mol. The van der Waals surface area contributed by atoms with Crippen molar-refractivity contribution < 1.29 is 22.5 Å². The van der Waals surface area contributed by atoms with Gasteiger partial charge in [0.05, 0.1) is 5.56 Å². The van der Waals surface area contributed by atoms with E-state index in [1.54, 1.807) is 54.6 Å². The minimum Gasteiger partial charge on any atom is -0.350 e. The molecule has 0 spiro atoms. The Balaban J connectivity index is 2.00. The highest BCUT2D eigenvalue weighted by atomic mass is 32.2. The Morgan fingerprint density at radius 3 is 2.30 bits per heavy atom. The van der Waals surface area contributed by atoms with Crippen molar-refractivity contribution >= 4 is 16.9 Å². The average Bonchev–Trinajstić information content (AvgIpc) is 3.09. The zero-order chi connectivity index (χ0) is 19.4. The van der Waals surface area contributed by atoms with Crippen molar-refractivity contribution in [2.24, 2.45) is 0 Å². The molecule has 3 rings (SSSR count). The molecule has 3 aromatic rings. The number of nitrogens with zero attached hydrogens (tertiary/aromatic N) is 1. The van der Waals surface area contributed by atoms with Gasteiger partial charge in [0.15, 0.2) is 5.12 Å². The van der Waals surface area contributed by atoms with E-state index in [2.05, 4.69) is 9.68 Å². The number of alkyl halides is 3. The number of benzene rings is 2. The number of hydrogen-bond donors (Lipinski definition) is 0. The number of hydrogen-bond acceptors (Lipinski definition) is 4. The van der Waals surface area contributed by atoms with Crippen LogP contribution in [0.4, 0.5) is 13.2 Å². The number of carbonyl (C=O) groups is 1. The van der Waals surface area contributed by atoms with Gasteiger partial charge in [0.25, 0.3) is 0 Å². The van der Waals surface area contributed by atoms with Crippen molar-refractivity contribution in [1.29, 1.82) is 0 Å². The Kier molecular flexibility index (Phi) is 5.70. The predicted octanol–water partition coefficient (Wildman–Crippen LogP) is 6.45. The molecule has 0 aliphatic heterocycles. The van der Waals surface area contributed by atoms with Crippen molar-refractivity contribution in [3.63, 3.8) is 0 Å². The van der Waals surface area contributed by atoms with Gasteiger partial charge in [-0.05, 0) is 24.1 Å². The Labute approximate surface area is 158 Å². The average molecular weight is 391 g/mol. The molecule has 0 unspecified atom stereocenters. The highest BCUT2D eigenvalue weighted by Gasteiger charge is 2.41. The maximum absolute atomic E-state index is 13.4. The third-order valence-corrected chi connectivity index (χ3v) is 4.77. The Morgan fingerprint density at radius 1 is 1.04 bits per heavy atom. The standard InChI is InChI=1S/C20H16F3NO2S/c1-2-6-16(25)27-15-11-9-14(10-12-15)18-17(13-7-4-3-5-8-13)19(26-24-18)20(21,22)23/h3-5,7-12H,2,6H2,1H3. The Hall–Kier alpha value is -2.54. The summed E-state index contributed by atoms with van der Waals surface area (Å²) in [5, 5.41) is 3.73. The zero-order valence-corrected chi connectivity index (χ0v) is 15.2. The lowest BCUT2D eigenvalue weighted by molar-refractivity contribution is -0.154. The van der Waals surface area contributed by atoms with E-state index in [9.17, 15) is 18.0 Å². The predicted molar refractivity (Wildman–Crippen MR) is 98.1 cm³/mol. The lowest BCUT2D eigenvalue weighted by Crippen LogP contribution is -2.05. The summed E-state index contributed by atoms with van der Waals surface area (Å²) in [6.45, 7) is 1.93. The van der Waals surface area contributed by atoms with Gasteiger partial charge < -0.3 is 4.52 Å². The first-order chi connectivity index (χ1) is 12.9. The second-order valence-corrected chi connectivity index (χ2v) is 6.98. The second-order valence-electron chi connectivity index (χ2n) is 5.85. The molecule has 0 bridgehead atoms. The van der Waals surface area contributed by atoms with E-state index in [1.165, 1.54) is 0 Å². The summed E-state index contributed by atoms with van der Waals surface area (Å²) < 4.78 is 44.8. The van der Waals surface area contributed by atoms with Crippen LogP contribution in [0.15, 0.2) is 64.0 Å². The van der Waals surface area contributed by atoms with Gasteiger partial charge in [-0.1, -0.05) is 66.3 Å². The van der Waals surface area contributed by atoms with Crippen LogP contribution in [0.25, 0.3) is 22.4 Å². The lowest BCUT2D eigenvalue weighted by atomic mass is 9.99. The van der Waals surface area contributed by atoms with Crippen molar-refractivity contribution in [3.05, 3.63) is 60.4 Å². The largest absolute Gasteiger partial charge is 0.453 e. The van der Waals surface area contributed by atoms with E-state index >= 15 is 0 Å². The third-order valence-electron chi connectivity index (χ3n) is 3.83. The first kappa shape index (κ1) is 19.2. The topological polar surface area (TPSA) is 43.1 Å². The fourth-order valence-electron chi connectivity index (χ4n) is 2.62. The van der Waals surface area contributed by atoms with Crippen LogP contribution in [0.5, 0.6) is 0 Å². The molecule has 27 heavy (non-hydrogen) atoms. The van der Waals surface area contributed by atoms with Crippen LogP contribution in [0.3, 0.4) is 0 Å². The second kappa shape index (κ2) is 8.00. The molecule has 0 aliphatic rings. The minimum absolute atomic E-state index is 0.0519. The number of rotatable bonds is 5. The summed E-state index contributed by atoms with van der Waals surface area (Å²) in [5.41, 5.74) is 0.883. The fourth-order valence-corrected chi connectivity index (χ4v) is 3.46. The van der Waals surface area contributed by atoms with Crippen LogP contribution >= 0.6 is 11.8 Å². The van der Waals surface area contributed by atoms with E-state index in [4.69, 9.17) is 0 Å².